The quantitative estimate of drug-likeness (QED) is 0.831. The summed E-state index contributed by atoms with van der Waals surface area (Å²) < 4.78 is 59.7. The van der Waals surface area contributed by atoms with E-state index in [0.29, 0.717) is 4.31 Å². The number of benzene rings is 1. The Morgan fingerprint density at radius 1 is 1.32 bits per heavy atom. The maximum absolute atomic E-state index is 14.9. The first-order valence-electron chi connectivity index (χ1n) is 6.79. The number of methoxy groups -OCH3 is 1. The Morgan fingerprint density at radius 2 is 2.04 bits per heavy atom. The summed E-state index contributed by atoms with van der Waals surface area (Å²) in [6.45, 7) is -0.710. The highest BCUT2D eigenvalue weighted by molar-refractivity contribution is 7.92. The molecule has 1 aromatic heterocycles. The molecule has 0 atom stereocenters. The van der Waals surface area contributed by atoms with Crippen LogP contribution in [0, 0.1) is 11.6 Å². The predicted octanol–water partition coefficient (Wildman–Crippen LogP) is 0.922. The summed E-state index contributed by atoms with van der Waals surface area (Å²) in [4.78, 5) is 15.0. The van der Waals surface area contributed by atoms with E-state index in [1.807, 2.05) is 0 Å². The Bertz CT molecular complexity index is 981. The number of aromatic hydroxyl groups is 1. The number of nitrogens with zero attached hydrogens (tertiary/aromatic N) is 2. The monoisotopic (exact) mass is 371 g/mol. The molecule has 0 spiro atoms. The number of carbonyl (C=O) groups excluding carboxylic acids is 1. The van der Waals surface area contributed by atoms with Gasteiger partial charge in [0.15, 0.2) is 5.82 Å². The molecule has 0 saturated carbocycles. The number of pyridine rings is 1. The summed E-state index contributed by atoms with van der Waals surface area (Å²) >= 11 is 0. The zero-order valence-corrected chi connectivity index (χ0v) is 13.5. The molecule has 1 aliphatic rings. The third-order valence-corrected chi connectivity index (χ3v) is 4.87. The van der Waals surface area contributed by atoms with Gasteiger partial charge in [0.1, 0.15) is 23.8 Å². The molecule has 2 aromatic rings. The molecule has 0 aliphatic carbocycles. The summed E-state index contributed by atoms with van der Waals surface area (Å²) in [5.74, 6) is -3.69. The van der Waals surface area contributed by atoms with Crippen LogP contribution >= 0.6 is 0 Å². The Hall–Kier alpha value is -2.95. The molecule has 1 amide bonds. The highest BCUT2D eigenvalue weighted by Gasteiger charge is 2.38. The van der Waals surface area contributed by atoms with Crippen LogP contribution in [0.1, 0.15) is 0 Å². The summed E-state index contributed by atoms with van der Waals surface area (Å²) in [6.07, 6.45) is 0.817. The lowest BCUT2D eigenvalue weighted by atomic mass is 10.0. The lowest BCUT2D eigenvalue weighted by Gasteiger charge is -2.18. The molecule has 0 radical (unpaired) electrons. The summed E-state index contributed by atoms with van der Waals surface area (Å²) in [5, 5.41) is 9.90. The summed E-state index contributed by atoms with van der Waals surface area (Å²) in [5.41, 5.74) is -1.34. The van der Waals surface area contributed by atoms with Crippen molar-refractivity contribution in [2.75, 3.05) is 18.0 Å². The van der Waals surface area contributed by atoms with Gasteiger partial charge in [0.2, 0.25) is 5.88 Å². The largest absolute Gasteiger partial charge is 0.506 e. The van der Waals surface area contributed by atoms with Crippen molar-refractivity contribution in [3.63, 3.8) is 0 Å². The normalized spacial score (nSPS) is 16.0. The molecule has 25 heavy (non-hydrogen) atoms. The molecule has 1 aliphatic heterocycles. The lowest BCUT2D eigenvalue weighted by Crippen LogP contribution is -2.30. The van der Waals surface area contributed by atoms with Crippen molar-refractivity contribution in [3.05, 3.63) is 36.0 Å². The van der Waals surface area contributed by atoms with Crippen molar-refractivity contribution in [3.8, 4) is 22.8 Å². The van der Waals surface area contributed by atoms with Crippen LogP contribution < -0.4 is 13.8 Å². The second-order valence-electron chi connectivity index (χ2n) is 5.04. The minimum Gasteiger partial charge on any atom is -0.506 e. The Labute approximate surface area is 140 Å². The minimum atomic E-state index is -4.35. The van der Waals surface area contributed by atoms with E-state index in [1.165, 1.54) is 7.11 Å². The lowest BCUT2D eigenvalue weighted by molar-refractivity contribution is -0.117. The van der Waals surface area contributed by atoms with Gasteiger partial charge in [0.05, 0.1) is 13.3 Å². The number of amides is 1. The van der Waals surface area contributed by atoms with E-state index in [9.17, 15) is 27.1 Å². The molecular formula is C14H11F2N3O5S. The van der Waals surface area contributed by atoms with Crippen LogP contribution in [0.3, 0.4) is 0 Å². The number of hydrogen-bond acceptors (Lipinski definition) is 6. The van der Waals surface area contributed by atoms with Crippen molar-refractivity contribution < 1.29 is 31.8 Å². The van der Waals surface area contributed by atoms with Gasteiger partial charge in [-0.1, -0.05) is 0 Å². The maximum atomic E-state index is 14.9. The van der Waals surface area contributed by atoms with Crippen molar-refractivity contribution in [2.24, 2.45) is 0 Å². The number of phenols is 1. The standard InChI is InChI=1S/C14H11F2N3O5S/c1-24-12-4-8(9(15)5-17-12)7-2-3-10(20)14(13(7)16)19-6-11(21)18-25(19,22)23/h2-5,20H,6H2,1H3,(H,18,21). The van der Waals surface area contributed by atoms with Crippen LogP contribution in [-0.4, -0.2) is 38.1 Å². The fourth-order valence-corrected chi connectivity index (χ4v) is 3.55. The van der Waals surface area contributed by atoms with Crippen LogP contribution in [0.15, 0.2) is 24.4 Å². The number of ether oxygens (including phenoxy) is 1. The molecule has 2 N–H and O–H groups in total. The Morgan fingerprint density at radius 3 is 2.64 bits per heavy atom. The van der Waals surface area contributed by atoms with Gasteiger partial charge in [-0.25, -0.2) is 22.8 Å². The smallest absolute Gasteiger partial charge is 0.326 e. The molecular weight excluding hydrogens is 360 g/mol. The number of halogens is 2. The number of rotatable bonds is 3. The Kier molecular flexibility index (Phi) is 3.95. The first-order chi connectivity index (χ1) is 11.7. The average Bonchev–Trinajstić information content (AvgIpc) is 2.81. The molecule has 11 heteroatoms. The van der Waals surface area contributed by atoms with Crippen LogP contribution in [0.4, 0.5) is 14.5 Å². The zero-order chi connectivity index (χ0) is 18.4. The van der Waals surface area contributed by atoms with Crippen LogP contribution in [0.25, 0.3) is 11.1 Å². The molecule has 1 saturated heterocycles. The summed E-state index contributed by atoms with van der Waals surface area (Å²) in [7, 11) is -3.06. The van der Waals surface area contributed by atoms with Gasteiger partial charge in [0, 0.05) is 17.2 Å². The second kappa shape index (κ2) is 5.84. The molecule has 0 bridgehead atoms. The van der Waals surface area contributed by atoms with E-state index in [2.05, 4.69) is 4.98 Å². The molecule has 0 unspecified atom stereocenters. The van der Waals surface area contributed by atoms with Crippen LogP contribution in [0.2, 0.25) is 0 Å². The minimum absolute atomic E-state index is 0.0102. The zero-order valence-electron chi connectivity index (χ0n) is 12.7. The average molecular weight is 371 g/mol. The van der Waals surface area contributed by atoms with Gasteiger partial charge in [-0.3, -0.25) is 4.79 Å². The van der Waals surface area contributed by atoms with Gasteiger partial charge in [-0.05, 0) is 12.1 Å². The first kappa shape index (κ1) is 16.9. The fraction of sp³-hybridized carbons (Fsp3) is 0.143. The summed E-state index contributed by atoms with van der Waals surface area (Å²) in [6, 6.07) is 3.19. The highest BCUT2D eigenvalue weighted by atomic mass is 32.2. The maximum Gasteiger partial charge on any atom is 0.326 e. The number of anilines is 1. The fourth-order valence-electron chi connectivity index (χ4n) is 2.38. The van der Waals surface area contributed by atoms with E-state index < -0.39 is 45.7 Å². The number of carbonyl (C=O) groups is 1. The van der Waals surface area contributed by atoms with Crippen LogP contribution in [-0.2, 0) is 15.0 Å². The van der Waals surface area contributed by atoms with E-state index in [4.69, 9.17) is 4.74 Å². The van der Waals surface area contributed by atoms with E-state index in [0.717, 1.165) is 24.4 Å². The van der Waals surface area contributed by atoms with E-state index in [-0.39, 0.29) is 17.0 Å². The van der Waals surface area contributed by atoms with Gasteiger partial charge < -0.3 is 9.84 Å². The van der Waals surface area contributed by atoms with Crippen molar-refractivity contribution in [1.82, 2.24) is 9.71 Å². The Balaban J connectivity index is 2.22. The molecule has 3 rings (SSSR count). The van der Waals surface area contributed by atoms with E-state index >= 15 is 0 Å². The highest BCUT2D eigenvalue weighted by Crippen LogP contribution is 2.39. The number of phenolic OH excluding ortho intramolecular Hbond substituents is 1. The van der Waals surface area contributed by atoms with E-state index in [1.54, 1.807) is 4.72 Å². The second-order valence-corrected chi connectivity index (χ2v) is 6.63. The van der Waals surface area contributed by atoms with Gasteiger partial charge >= 0.3 is 10.2 Å². The predicted molar refractivity (Wildman–Crippen MR) is 82.2 cm³/mol. The third kappa shape index (κ3) is 2.82. The number of aromatic nitrogens is 1. The number of hydrogen-bond donors (Lipinski definition) is 2. The topological polar surface area (TPSA) is 109 Å². The molecule has 2 heterocycles. The molecule has 1 fully saturated rings. The van der Waals surface area contributed by atoms with Gasteiger partial charge in [0.25, 0.3) is 5.91 Å². The van der Waals surface area contributed by atoms with Crippen molar-refractivity contribution in [1.29, 1.82) is 0 Å². The van der Waals surface area contributed by atoms with Crippen molar-refractivity contribution >= 4 is 21.8 Å². The first-order valence-corrected chi connectivity index (χ1v) is 8.23. The number of nitrogens with one attached hydrogen (secondary N) is 1. The van der Waals surface area contributed by atoms with Gasteiger partial charge in [-0.15, -0.1) is 0 Å². The van der Waals surface area contributed by atoms with Crippen molar-refractivity contribution in [2.45, 2.75) is 0 Å². The molecule has 1 aromatic carbocycles. The third-order valence-electron chi connectivity index (χ3n) is 3.49. The molecule has 8 nitrogen and oxygen atoms in total. The SMILES string of the molecule is COc1cc(-c2ccc(O)c(N3CC(=O)NS3(=O)=O)c2F)c(F)cn1. The van der Waals surface area contributed by atoms with Gasteiger partial charge in [-0.2, -0.15) is 8.42 Å². The van der Waals surface area contributed by atoms with Crippen LogP contribution in [0.5, 0.6) is 11.6 Å². The molecule has 132 valence electrons.